The Morgan fingerprint density at radius 3 is 2.47 bits per heavy atom. The number of ether oxygens (including phenoxy) is 1. The van der Waals surface area contributed by atoms with Gasteiger partial charge in [-0.1, -0.05) is 52.0 Å². The number of benzene rings is 1. The van der Waals surface area contributed by atoms with Gasteiger partial charge in [-0.25, -0.2) is 4.79 Å². The first-order valence-corrected chi connectivity index (χ1v) is 12.7. The summed E-state index contributed by atoms with van der Waals surface area (Å²) >= 11 is 0. The van der Waals surface area contributed by atoms with Gasteiger partial charge in [-0.2, -0.15) is 0 Å². The van der Waals surface area contributed by atoms with Gasteiger partial charge in [0.15, 0.2) is 17.5 Å². The van der Waals surface area contributed by atoms with E-state index in [-0.39, 0.29) is 23.2 Å². The van der Waals surface area contributed by atoms with E-state index in [1.165, 1.54) is 4.90 Å². The first-order chi connectivity index (χ1) is 16.7. The lowest BCUT2D eigenvalue weighted by atomic mass is 9.59. The van der Waals surface area contributed by atoms with Crippen LogP contribution in [0.2, 0.25) is 0 Å². The van der Waals surface area contributed by atoms with E-state index in [2.05, 4.69) is 6.92 Å². The molecule has 1 fully saturated rings. The summed E-state index contributed by atoms with van der Waals surface area (Å²) in [7, 11) is 1.58. The molecule has 4 rings (SSSR count). The lowest BCUT2D eigenvalue weighted by Crippen LogP contribution is -2.66. The fraction of sp³-hybridized carbons (Fsp3) is 0.586. The summed E-state index contributed by atoms with van der Waals surface area (Å²) in [5.74, 6) is -1.06. The van der Waals surface area contributed by atoms with Crippen molar-refractivity contribution < 1.29 is 29.6 Å². The number of carbonyl (C=O) groups excluding carboxylic acids is 2. The molecule has 36 heavy (non-hydrogen) atoms. The van der Waals surface area contributed by atoms with Crippen LogP contribution in [0.5, 0.6) is 0 Å². The van der Waals surface area contributed by atoms with Crippen molar-refractivity contribution in [2.75, 3.05) is 18.6 Å². The zero-order valence-electron chi connectivity index (χ0n) is 22.3. The summed E-state index contributed by atoms with van der Waals surface area (Å²) in [6.07, 6.45) is 0.417. The van der Waals surface area contributed by atoms with Crippen molar-refractivity contribution in [3.05, 3.63) is 53.1 Å². The Labute approximate surface area is 213 Å². The molecule has 7 nitrogen and oxygen atoms in total. The molecule has 1 saturated carbocycles. The van der Waals surface area contributed by atoms with Gasteiger partial charge in [0.25, 0.3) is 0 Å². The van der Waals surface area contributed by atoms with Crippen LogP contribution in [0, 0.1) is 35.5 Å². The molecule has 2 unspecified atom stereocenters. The molecule has 1 aromatic rings. The van der Waals surface area contributed by atoms with Crippen LogP contribution >= 0.6 is 0 Å². The molecule has 7 atom stereocenters. The molecule has 0 heterocycles. The number of nitrogens with zero attached hydrogens (tertiary/aromatic N) is 1. The number of amides is 1. The van der Waals surface area contributed by atoms with Crippen molar-refractivity contribution in [3.8, 4) is 0 Å². The van der Waals surface area contributed by atoms with E-state index in [1.807, 2.05) is 45.9 Å². The van der Waals surface area contributed by atoms with E-state index < -0.39 is 47.3 Å². The van der Waals surface area contributed by atoms with Crippen molar-refractivity contribution in [2.24, 2.45) is 28.6 Å². The molecular weight excluding hydrogens is 458 g/mol. The van der Waals surface area contributed by atoms with Crippen LogP contribution < -0.4 is 4.90 Å². The maximum atomic E-state index is 14.4. The van der Waals surface area contributed by atoms with E-state index in [0.717, 1.165) is 5.56 Å². The Morgan fingerprint density at radius 1 is 1.19 bits per heavy atom. The van der Waals surface area contributed by atoms with Crippen LogP contribution in [0.15, 0.2) is 47.6 Å². The fourth-order valence-corrected chi connectivity index (χ4v) is 6.78. The van der Waals surface area contributed by atoms with Crippen molar-refractivity contribution >= 4 is 17.6 Å². The molecule has 0 saturated heterocycles. The molecule has 7 heteroatoms. The Kier molecular flexibility index (Phi) is 6.51. The van der Waals surface area contributed by atoms with Crippen molar-refractivity contribution in [3.63, 3.8) is 0 Å². The van der Waals surface area contributed by atoms with Crippen LogP contribution in [0.1, 0.15) is 46.6 Å². The van der Waals surface area contributed by atoms with Gasteiger partial charge in [-0.15, -0.1) is 0 Å². The highest BCUT2D eigenvalue weighted by molar-refractivity contribution is 5.95. The molecule has 196 valence electrons. The van der Waals surface area contributed by atoms with Gasteiger partial charge in [-0.05, 0) is 66.4 Å². The Balaban J connectivity index is 1.84. The molecule has 3 aliphatic rings. The second kappa shape index (κ2) is 8.82. The van der Waals surface area contributed by atoms with Crippen LogP contribution in [0.25, 0.3) is 0 Å². The number of ketones is 1. The predicted octanol–water partition coefficient (Wildman–Crippen LogP) is 3.79. The number of Topliss-reactive ketones (excluding diaryl/α,β-unsaturated/α-hetero) is 1. The highest BCUT2D eigenvalue weighted by Gasteiger charge is 2.73. The first kappa shape index (κ1) is 26.6. The van der Waals surface area contributed by atoms with E-state index >= 15 is 0 Å². The van der Waals surface area contributed by atoms with Crippen LogP contribution in [-0.2, 0) is 9.53 Å². The fourth-order valence-electron chi connectivity index (χ4n) is 6.78. The molecular formula is C29H39NO6. The third kappa shape index (κ3) is 3.51. The molecule has 3 aliphatic carbocycles. The largest absolute Gasteiger partial charge is 0.438 e. The summed E-state index contributed by atoms with van der Waals surface area (Å²) in [6.45, 7) is 11.2. The van der Waals surface area contributed by atoms with Crippen LogP contribution in [-0.4, -0.2) is 58.7 Å². The standard InChI is InChI=1S/C29H39NO6/c1-16-9-8-10-21(11-16)30(7)26(34)36-25-17(2)14-28-19(4)12-18(3)27(5,6)22(24(28)33)13-20(15-31)23(32)29(25,28)35/h8-11,13-14,18-19,22-23,25,31-32,35H,12,15H2,1-7H3/t18-,19?,22+,23+,25-,28?,29-/m0/s1. The number of hydrogen-bond acceptors (Lipinski definition) is 6. The van der Waals surface area contributed by atoms with Crippen LogP contribution in [0.3, 0.4) is 0 Å². The average molecular weight is 498 g/mol. The summed E-state index contributed by atoms with van der Waals surface area (Å²) in [4.78, 5) is 29.1. The highest BCUT2D eigenvalue weighted by Crippen LogP contribution is 2.62. The summed E-state index contributed by atoms with van der Waals surface area (Å²) in [6, 6.07) is 7.37. The minimum atomic E-state index is -2.17. The maximum absolute atomic E-state index is 14.4. The highest BCUT2D eigenvalue weighted by atomic mass is 16.6. The van der Waals surface area contributed by atoms with Gasteiger partial charge >= 0.3 is 6.09 Å². The van der Waals surface area contributed by atoms with Gasteiger partial charge < -0.3 is 20.1 Å². The zero-order chi connectivity index (χ0) is 26.8. The monoisotopic (exact) mass is 497 g/mol. The number of rotatable bonds is 3. The smallest absolute Gasteiger partial charge is 0.414 e. The Bertz CT molecular complexity index is 1140. The third-order valence-electron chi connectivity index (χ3n) is 9.39. The number of aliphatic hydroxyl groups is 3. The van der Waals surface area contributed by atoms with Crippen molar-refractivity contribution in [1.29, 1.82) is 0 Å². The van der Waals surface area contributed by atoms with Crippen molar-refractivity contribution in [2.45, 2.75) is 65.8 Å². The Hall–Kier alpha value is -2.48. The quantitative estimate of drug-likeness (QED) is 0.549. The molecule has 1 amide bonds. The molecule has 0 aromatic heterocycles. The zero-order valence-corrected chi connectivity index (χ0v) is 22.3. The van der Waals surface area contributed by atoms with E-state index in [1.54, 1.807) is 32.2 Å². The van der Waals surface area contributed by atoms with Gasteiger partial charge in [0.05, 0.1) is 12.0 Å². The number of carbonyl (C=O) groups is 2. The number of aliphatic hydroxyl groups excluding tert-OH is 2. The number of hydrogen-bond donors (Lipinski definition) is 3. The number of fused-ring (bicyclic) bond motifs is 1. The summed E-state index contributed by atoms with van der Waals surface area (Å²) < 4.78 is 5.92. The number of aryl methyl sites for hydroxylation is 1. The number of anilines is 1. The van der Waals surface area contributed by atoms with E-state index in [9.17, 15) is 24.9 Å². The van der Waals surface area contributed by atoms with E-state index in [0.29, 0.717) is 17.7 Å². The lowest BCUT2D eigenvalue weighted by Gasteiger charge is -2.48. The van der Waals surface area contributed by atoms with Crippen molar-refractivity contribution in [1.82, 2.24) is 0 Å². The third-order valence-corrected chi connectivity index (χ3v) is 9.39. The van der Waals surface area contributed by atoms with Crippen LogP contribution in [0.4, 0.5) is 10.5 Å². The van der Waals surface area contributed by atoms with Gasteiger partial charge in [0, 0.05) is 18.7 Å². The molecule has 3 N–H and O–H groups in total. The van der Waals surface area contributed by atoms with E-state index in [4.69, 9.17) is 4.74 Å². The molecule has 2 bridgehead atoms. The lowest BCUT2D eigenvalue weighted by molar-refractivity contribution is -0.189. The second-order valence-electron chi connectivity index (χ2n) is 11.7. The molecule has 0 radical (unpaired) electrons. The van der Waals surface area contributed by atoms with Gasteiger partial charge in [0.2, 0.25) is 0 Å². The number of allylic oxidation sites excluding steroid dienone is 1. The minimum absolute atomic E-state index is 0.124. The maximum Gasteiger partial charge on any atom is 0.414 e. The van der Waals surface area contributed by atoms with Gasteiger partial charge in [0.1, 0.15) is 6.10 Å². The molecule has 1 spiro atoms. The molecule has 1 aromatic carbocycles. The minimum Gasteiger partial charge on any atom is -0.438 e. The summed E-state index contributed by atoms with van der Waals surface area (Å²) in [5.41, 5.74) is -1.85. The Morgan fingerprint density at radius 2 is 1.86 bits per heavy atom. The predicted molar refractivity (Wildman–Crippen MR) is 137 cm³/mol. The summed E-state index contributed by atoms with van der Waals surface area (Å²) in [5, 5.41) is 34.3. The topological polar surface area (TPSA) is 107 Å². The SMILES string of the molecule is CC1=CC23C(=O)[C@@H](C=C(CO)[C@@H](O)[C@]2(O)[C@H]1OC(=O)N(C)c1cccc(C)c1)C(C)(C)[C@@H](C)CC3C. The second-order valence-corrected chi connectivity index (χ2v) is 11.7. The molecule has 0 aliphatic heterocycles. The first-order valence-electron chi connectivity index (χ1n) is 12.7. The van der Waals surface area contributed by atoms with Gasteiger partial charge in [-0.3, -0.25) is 9.69 Å². The average Bonchev–Trinajstić information content (AvgIpc) is 2.99. The normalized spacial score (nSPS) is 37.3.